The number of aryl methyl sites for hydroxylation is 2. The Labute approximate surface area is 160 Å². The molecule has 1 heterocycles. The number of halogens is 1. The van der Waals surface area contributed by atoms with E-state index < -0.39 is 0 Å². The number of anilines is 1. The first-order chi connectivity index (χ1) is 13.5. The third-order valence-electron chi connectivity index (χ3n) is 3.89. The van der Waals surface area contributed by atoms with Crippen LogP contribution < -0.4 is 10.1 Å². The summed E-state index contributed by atoms with van der Waals surface area (Å²) in [6, 6.07) is 13.3. The molecule has 0 spiro atoms. The molecule has 8 heteroatoms. The fourth-order valence-electron chi connectivity index (χ4n) is 2.43. The number of nitrogens with one attached hydrogen (secondary N) is 1. The van der Waals surface area contributed by atoms with Gasteiger partial charge in [0.15, 0.2) is 6.61 Å². The van der Waals surface area contributed by atoms with Crippen LogP contribution in [0, 0.1) is 24.1 Å². The number of rotatable bonds is 7. The molecule has 28 heavy (non-hydrogen) atoms. The molecule has 0 radical (unpaired) electrons. The van der Waals surface area contributed by atoms with Crippen LogP contribution in [0.3, 0.4) is 0 Å². The van der Waals surface area contributed by atoms with Crippen molar-refractivity contribution in [3.05, 3.63) is 59.7 Å². The quantitative estimate of drug-likeness (QED) is 0.671. The molecule has 0 fully saturated rings. The van der Waals surface area contributed by atoms with Crippen molar-refractivity contribution in [1.82, 2.24) is 10.1 Å². The molecule has 1 aromatic heterocycles. The molecule has 142 valence electrons. The van der Waals surface area contributed by atoms with Crippen molar-refractivity contribution in [2.45, 2.75) is 19.8 Å². The maximum Gasteiger partial charge on any atom is 0.227 e. The minimum Gasteiger partial charge on any atom is -0.479 e. The largest absolute Gasteiger partial charge is 0.479 e. The molecule has 0 saturated heterocycles. The van der Waals surface area contributed by atoms with E-state index >= 15 is 0 Å². The van der Waals surface area contributed by atoms with Gasteiger partial charge in [0.2, 0.25) is 17.6 Å². The second kappa shape index (κ2) is 8.77. The second-order valence-electron chi connectivity index (χ2n) is 6.00. The summed E-state index contributed by atoms with van der Waals surface area (Å²) in [5, 5.41) is 15.1. The molecule has 1 amide bonds. The van der Waals surface area contributed by atoms with Crippen LogP contribution in [0.25, 0.3) is 11.4 Å². The first-order valence-electron chi connectivity index (χ1n) is 8.54. The molecule has 0 aliphatic rings. The molecule has 1 N–H and O–H groups in total. The Hall–Kier alpha value is -3.73. The van der Waals surface area contributed by atoms with E-state index in [9.17, 15) is 9.18 Å². The molecule has 0 unspecified atom stereocenters. The minimum atomic E-state index is -0.343. The molecule has 0 saturated carbocycles. The van der Waals surface area contributed by atoms with Crippen molar-refractivity contribution in [2.75, 3.05) is 11.9 Å². The molecular weight excluding hydrogens is 363 g/mol. The molecule has 3 aromatic rings. The zero-order valence-electron chi connectivity index (χ0n) is 15.1. The maximum atomic E-state index is 13.7. The maximum absolute atomic E-state index is 13.7. The van der Waals surface area contributed by atoms with Gasteiger partial charge in [0.1, 0.15) is 17.6 Å². The van der Waals surface area contributed by atoms with Crippen LogP contribution in [0.5, 0.6) is 5.75 Å². The molecule has 3 rings (SSSR count). The van der Waals surface area contributed by atoms with Crippen LogP contribution in [0.1, 0.15) is 17.9 Å². The lowest BCUT2D eigenvalue weighted by Crippen LogP contribution is -2.12. The average molecular weight is 380 g/mol. The van der Waals surface area contributed by atoms with Crippen molar-refractivity contribution >= 4 is 11.6 Å². The number of aromatic nitrogens is 2. The van der Waals surface area contributed by atoms with Gasteiger partial charge >= 0.3 is 0 Å². The van der Waals surface area contributed by atoms with Gasteiger partial charge in [0.05, 0.1) is 0 Å². The Morgan fingerprint density at radius 1 is 1.32 bits per heavy atom. The summed E-state index contributed by atoms with van der Waals surface area (Å²) in [5.74, 6) is 0.475. The number of benzene rings is 2. The normalized spacial score (nSPS) is 10.3. The summed E-state index contributed by atoms with van der Waals surface area (Å²) >= 11 is 0. The van der Waals surface area contributed by atoms with E-state index in [4.69, 9.17) is 14.5 Å². The standard InChI is InChI=1S/C20H17FN4O3/c1-13-5-6-14(11-17(13)21)20-24-19(28-25-20)8-7-18(26)23-15-3-2-4-16(12-15)27-10-9-22/h2-6,11-12H,7-8,10H2,1H3,(H,23,26). The zero-order valence-corrected chi connectivity index (χ0v) is 15.1. The molecule has 0 aliphatic heterocycles. The number of hydrogen-bond donors (Lipinski definition) is 1. The van der Waals surface area contributed by atoms with E-state index in [-0.39, 0.29) is 42.9 Å². The molecule has 0 aliphatic carbocycles. The second-order valence-corrected chi connectivity index (χ2v) is 6.00. The van der Waals surface area contributed by atoms with E-state index in [1.807, 2.05) is 6.07 Å². The summed E-state index contributed by atoms with van der Waals surface area (Å²) in [6.45, 7) is 1.60. The van der Waals surface area contributed by atoms with Crippen molar-refractivity contribution < 1.29 is 18.4 Å². The van der Waals surface area contributed by atoms with Gasteiger partial charge in [-0.1, -0.05) is 23.4 Å². The molecule has 2 aromatic carbocycles. The highest BCUT2D eigenvalue weighted by atomic mass is 19.1. The summed E-state index contributed by atoms with van der Waals surface area (Å²) < 4.78 is 24.0. The SMILES string of the molecule is Cc1ccc(-c2noc(CCC(=O)Nc3cccc(OCC#N)c3)n2)cc1F. The summed E-state index contributed by atoms with van der Waals surface area (Å²) in [6.07, 6.45) is 0.380. The monoisotopic (exact) mass is 380 g/mol. The van der Waals surface area contributed by atoms with E-state index in [0.29, 0.717) is 22.6 Å². The smallest absolute Gasteiger partial charge is 0.227 e. The Morgan fingerprint density at radius 3 is 2.96 bits per heavy atom. The lowest BCUT2D eigenvalue weighted by molar-refractivity contribution is -0.116. The van der Waals surface area contributed by atoms with E-state index in [1.165, 1.54) is 6.07 Å². The predicted molar refractivity (Wildman–Crippen MR) is 98.9 cm³/mol. The van der Waals surface area contributed by atoms with Gasteiger partial charge < -0.3 is 14.6 Å². The Balaban J connectivity index is 1.56. The van der Waals surface area contributed by atoms with Crippen LogP contribution in [-0.4, -0.2) is 22.7 Å². The van der Waals surface area contributed by atoms with Crippen molar-refractivity contribution in [3.63, 3.8) is 0 Å². The Kier molecular flexibility index (Phi) is 5.97. The lowest BCUT2D eigenvalue weighted by atomic mass is 10.1. The molecule has 0 bridgehead atoms. The number of carbonyl (C=O) groups excluding carboxylic acids is 1. The molecule has 0 atom stereocenters. The van der Waals surface area contributed by atoms with Gasteiger partial charge in [0.25, 0.3) is 0 Å². The lowest BCUT2D eigenvalue weighted by Gasteiger charge is -2.06. The highest BCUT2D eigenvalue weighted by Gasteiger charge is 2.12. The van der Waals surface area contributed by atoms with Crippen molar-refractivity contribution in [2.24, 2.45) is 0 Å². The Morgan fingerprint density at radius 2 is 2.18 bits per heavy atom. The zero-order chi connectivity index (χ0) is 19.9. The van der Waals surface area contributed by atoms with Gasteiger partial charge in [-0.15, -0.1) is 0 Å². The fourth-order valence-corrected chi connectivity index (χ4v) is 2.43. The molecule has 7 nitrogen and oxygen atoms in total. The first-order valence-corrected chi connectivity index (χ1v) is 8.54. The van der Waals surface area contributed by atoms with E-state index in [2.05, 4.69) is 15.5 Å². The van der Waals surface area contributed by atoms with Gasteiger partial charge in [-0.2, -0.15) is 10.2 Å². The number of amides is 1. The van der Waals surface area contributed by atoms with Gasteiger partial charge in [-0.05, 0) is 30.7 Å². The van der Waals surface area contributed by atoms with Crippen LogP contribution in [-0.2, 0) is 11.2 Å². The number of nitrogens with zero attached hydrogens (tertiary/aromatic N) is 3. The van der Waals surface area contributed by atoms with Crippen molar-refractivity contribution in [1.29, 1.82) is 5.26 Å². The van der Waals surface area contributed by atoms with Crippen LogP contribution in [0.2, 0.25) is 0 Å². The van der Waals surface area contributed by atoms with Crippen molar-refractivity contribution in [3.8, 4) is 23.2 Å². The highest BCUT2D eigenvalue weighted by Crippen LogP contribution is 2.20. The van der Waals surface area contributed by atoms with Crippen LogP contribution >= 0.6 is 0 Å². The third kappa shape index (κ3) is 4.92. The number of nitriles is 1. The van der Waals surface area contributed by atoms with Gasteiger partial charge in [-0.3, -0.25) is 4.79 Å². The van der Waals surface area contributed by atoms with E-state index in [0.717, 1.165) is 0 Å². The van der Waals surface area contributed by atoms with Crippen LogP contribution in [0.4, 0.5) is 10.1 Å². The third-order valence-corrected chi connectivity index (χ3v) is 3.89. The van der Waals surface area contributed by atoms with Gasteiger partial charge in [-0.25, -0.2) is 4.39 Å². The minimum absolute atomic E-state index is 0.0677. The average Bonchev–Trinajstić information content (AvgIpc) is 3.16. The van der Waals surface area contributed by atoms with Crippen LogP contribution in [0.15, 0.2) is 47.0 Å². The number of hydrogen-bond acceptors (Lipinski definition) is 6. The molecular formula is C20H17FN4O3. The van der Waals surface area contributed by atoms with Gasteiger partial charge in [0, 0.05) is 30.2 Å². The summed E-state index contributed by atoms with van der Waals surface area (Å²) in [5.41, 5.74) is 1.60. The highest BCUT2D eigenvalue weighted by molar-refractivity contribution is 5.90. The number of ether oxygens (including phenoxy) is 1. The summed E-state index contributed by atoms with van der Waals surface area (Å²) in [7, 11) is 0. The fraction of sp³-hybridized carbons (Fsp3) is 0.200. The Bertz CT molecular complexity index is 1030. The number of carbonyl (C=O) groups is 1. The topological polar surface area (TPSA) is 101 Å². The van der Waals surface area contributed by atoms with E-state index in [1.54, 1.807) is 43.3 Å². The first kappa shape index (κ1) is 19.0. The summed E-state index contributed by atoms with van der Waals surface area (Å²) in [4.78, 5) is 16.3. The predicted octanol–water partition coefficient (Wildman–Crippen LogP) is 3.66.